The molecule has 112 valence electrons. The molecule has 0 unspecified atom stereocenters. The molecular weight excluding hydrogens is 242 g/mol. The maximum atomic E-state index is 3.63. The zero-order chi connectivity index (χ0) is 13.9. The maximum absolute atomic E-state index is 3.63. The third-order valence-electron chi connectivity index (χ3n) is 4.62. The Hall–Kier alpha value is -0.820. The van der Waals surface area contributed by atoms with E-state index in [0.717, 1.165) is 5.92 Å². The van der Waals surface area contributed by atoms with E-state index in [1.54, 1.807) is 0 Å². The van der Waals surface area contributed by atoms with E-state index >= 15 is 0 Å². The second-order valence-electron chi connectivity index (χ2n) is 6.34. The Morgan fingerprint density at radius 1 is 0.850 bits per heavy atom. The Morgan fingerprint density at radius 2 is 1.65 bits per heavy atom. The van der Waals surface area contributed by atoms with Gasteiger partial charge >= 0.3 is 0 Å². The van der Waals surface area contributed by atoms with Gasteiger partial charge in [-0.3, -0.25) is 0 Å². The lowest BCUT2D eigenvalue weighted by atomic mass is 9.87. The Bertz CT molecular complexity index is 327. The molecular formula is C19H31N. The molecule has 1 saturated carbocycles. The molecule has 0 aromatic heterocycles. The molecule has 20 heavy (non-hydrogen) atoms. The highest BCUT2D eigenvalue weighted by molar-refractivity contribution is 5.14. The van der Waals surface area contributed by atoms with Crippen molar-refractivity contribution in [3.63, 3.8) is 0 Å². The number of rotatable bonds is 9. The second-order valence-corrected chi connectivity index (χ2v) is 6.34. The van der Waals surface area contributed by atoms with Gasteiger partial charge in [0.25, 0.3) is 0 Å². The first-order valence-corrected chi connectivity index (χ1v) is 8.70. The molecule has 1 nitrogen and oxygen atoms in total. The van der Waals surface area contributed by atoms with Crippen molar-refractivity contribution in [1.82, 2.24) is 5.32 Å². The van der Waals surface area contributed by atoms with Crippen LogP contribution in [0.3, 0.4) is 0 Å². The molecule has 1 aromatic rings. The second kappa shape index (κ2) is 9.99. The van der Waals surface area contributed by atoms with Crippen molar-refractivity contribution in [2.45, 2.75) is 64.2 Å². The first-order chi connectivity index (χ1) is 9.95. The summed E-state index contributed by atoms with van der Waals surface area (Å²) in [7, 11) is 0. The molecule has 2 rings (SSSR count). The summed E-state index contributed by atoms with van der Waals surface area (Å²) in [6.45, 7) is 2.45. The number of nitrogens with one attached hydrogen (secondary N) is 1. The summed E-state index contributed by atoms with van der Waals surface area (Å²) in [6.07, 6.45) is 14.1. The number of benzene rings is 1. The van der Waals surface area contributed by atoms with Crippen molar-refractivity contribution in [3.05, 3.63) is 35.9 Å². The van der Waals surface area contributed by atoms with Gasteiger partial charge < -0.3 is 5.32 Å². The van der Waals surface area contributed by atoms with Gasteiger partial charge in [0.15, 0.2) is 0 Å². The predicted octanol–water partition coefficient (Wildman–Crippen LogP) is 4.96. The summed E-state index contributed by atoms with van der Waals surface area (Å²) in [6, 6.07) is 10.9. The summed E-state index contributed by atoms with van der Waals surface area (Å²) < 4.78 is 0. The molecule has 1 aliphatic carbocycles. The molecule has 0 heterocycles. The summed E-state index contributed by atoms with van der Waals surface area (Å²) in [5.74, 6) is 1.02. The smallest absolute Gasteiger partial charge is 0.00463 e. The van der Waals surface area contributed by atoms with E-state index in [2.05, 4.69) is 35.6 Å². The van der Waals surface area contributed by atoms with Crippen LogP contribution in [0.1, 0.15) is 63.4 Å². The lowest BCUT2D eigenvalue weighted by molar-refractivity contribution is 0.333. The van der Waals surface area contributed by atoms with Crippen LogP contribution in [0.25, 0.3) is 0 Å². The Morgan fingerprint density at radius 3 is 2.45 bits per heavy atom. The van der Waals surface area contributed by atoms with Gasteiger partial charge in [-0.2, -0.15) is 0 Å². The molecule has 1 fully saturated rings. The van der Waals surface area contributed by atoms with Crippen LogP contribution in [0.5, 0.6) is 0 Å². The average molecular weight is 273 g/mol. The van der Waals surface area contributed by atoms with E-state index in [-0.39, 0.29) is 0 Å². The molecule has 1 heteroatoms. The minimum Gasteiger partial charge on any atom is -0.317 e. The molecule has 0 atom stereocenters. The lowest BCUT2D eigenvalue weighted by Crippen LogP contribution is -2.20. The highest BCUT2D eigenvalue weighted by Gasteiger charge is 2.12. The largest absolute Gasteiger partial charge is 0.317 e. The first kappa shape index (κ1) is 15.6. The SMILES string of the molecule is c1ccc(CCCCCNCCC2CCCCC2)cc1. The lowest BCUT2D eigenvalue weighted by Gasteiger charge is -2.21. The van der Waals surface area contributed by atoms with Crippen LogP contribution in [0.4, 0.5) is 0 Å². The van der Waals surface area contributed by atoms with E-state index in [0.29, 0.717) is 0 Å². The van der Waals surface area contributed by atoms with Crippen LogP contribution in [0.15, 0.2) is 30.3 Å². The van der Waals surface area contributed by atoms with Gasteiger partial charge in [-0.05, 0) is 50.3 Å². The zero-order valence-corrected chi connectivity index (χ0v) is 12.9. The summed E-state index contributed by atoms with van der Waals surface area (Å²) in [4.78, 5) is 0. The minimum absolute atomic E-state index is 1.02. The highest BCUT2D eigenvalue weighted by atomic mass is 14.8. The van der Waals surface area contributed by atoms with Crippen LogP contribution in [-0.2, 0) is 6.42 Å². The fourth-order valence-electron chi connectivity index (χ4n) is 3.31. The topological polar surface area (TPSA) is 12.0 Å². The monoisotopic (exact) mass is 273 g/mol. The fourth-order valence-corrected chi connectivity index (χ4v) is 3.31. The molecule has 1 aliphatic rings. The van der Waals surface area contributed by atoms with Gasteiger partial charge in [0, 0.05) is 0 Å². The highest BCUT2D eigenvalue weighted by Crippen LogP contribution is 2.25. The minimum atomic E-state index is 1.02. The van der Waals surface area contributed by atoms with Gasteiger partial charge in [-0.1, -0.05) is 68.9 Å². The van der Waals surface area contributed by atoms with E-state index < -0.39 is 0 Å². The van der Waals surface area contributed by atoms with E-state index in [4.69, 9.17) is 0 Å². The van der Waals surface area contributed by atoms with Crippen LogP contribution in [0, 0.1) is 5.92 Å². The molecule has 0 aliphatic heterocycles. The third kappa shape index (κ3) is 6.56. The van der Waals surface area contributed by atoms with Crippen LogP contribution in [0.2, 0.25) is 0 Å². The van der Waals surface area contributed by atoms with E-state index in [9.17, 15) is 0 Å². The standard InChI is InChI=1S/C19H31N/c1-4-10-18(11-5-1)12-8-3-9-16-20-17-15-19-13-6-2-7-14-19/h1,4-5,10-11,19-20H,2-3,6-9,12-17H2. The Kier molecular flexibility index (Phi) is 7.77. The van der Waals surface area contributed by atoms with Crippen LogP contribution >= 0.6 is 0 Å². The zero-order valence-electron chi connectivity index (χ0n) is 12.9. The normalized spacial score (nSPS) is 16.4. The Labute approximate surface area is 125 Å². The number of hydrogen-bond donors (Lipinski definition) is 1. The number of aryl methyl sites for hydroxylation is 1. The van der Waals surface area contributed by atoms with Gasteiger partial charge in [0.1, 0.15) is 0 Å². The van der Waals surface area contributed by atoms with Crippen molar-refractivity contribution < 1.29 is 0 Å². The fraction of sp³-hybridized carbons (Fsp3) is 0.684. The number of hydrogen-bond acceptors (Lipinski definition) is 1. The van der Waals surface area contributed by atoms with Gasteiger partial charge in [-0.15, -0.1) is 0 Å². The predicted molar refractivity (Wildman–Crippen MR) is 88.1 cm³/mol. The van der Waals surface area contributed by atoms with E-state index in [1.807, 2.05) is 0 Å². The van der Waals surface area contributed by atoms with Gasteiger partial charge in [0.05, 0.1) is 0 Å². The van der Waals surface area contributed by atoms with Crippen LogP contribution in [-0.4, -0.2) is 13.1 Å². The summed E-state index contributed by atoms with van der Waals surface area (Å²) in [5.41, 5.74) is 1.48. The quantitative estimate of drug-likeness (QED) is 0.627. The van der Waals surface area contributed by atoms with Gasteiger partial charge in [-0.25, -0.2) is 0 Å². The van der Waals surface area contributed by atoms with Crippen molar-refractivity contribution >= 4 is 0 Å². The molecule has 0 radical (unpaired) electrons. The van der Waals surface area contributed by atoms with Crippen LogP contribution < -0.4 is 5.32 Å². The molecule has 0 saturated heterocycles. The summed E-state index contributed by atoms with van der Waals surface area (Å²) >= 11 is 0. The molecule has 0 spiro atoms. The van der Waals surface area contributed by atoms with Crippen molar-refractivity contribution in [2.24, 2.45) is 5.92 Å². The molecule has 0 amide bonds. The first-order valence-electron chi connectivity index (χ1n) is 8.70. The van der Waals surface area contributed by atoms with Crippen molar-refractivity contribution in [2.75, 3.05) is 13.1 Å². The van der Waals surface area contributed by atoms with Gasteiger partial charge in [0.2, 0.25) is 0 Å². The summed E-state index contributed by atoms with van der Waals surface area (Å²) in [5, 5.41) is 3.63. The average Bonchev–Trinajstić information content (AvgIpc) is 2.52. The van der Waals surface area contributed by atoms with Crippen molar-refractivity contribution in [3.8, 4) is 0 Å². The molecule has 1 aromatic carbocycles. The molecule has 1 N–H and O–H groups in total. The third-order valence-corrected chi connectivity index (χ3v) is 4.62. The molecule has 0 bridgehead atoms. The number of unbranched alkanes of at least 4 members (excludes halogenated alkanes) is 2. The van der Waals surface area contributed by atoms with Crippen molar-refractivity contribution in [1.29, 1.82) is 0 Å². The Balaban J connectivity index is 1.38. The maximum Gasteiger partial charge on any atom is -0.00463 e. The van der Waals surface area contributed by atoms with E-state index in [1.165, 1.54) is 82.9 Å².